The molecule has 2 rings (SSSR count). The normalized spacial score (nSPS) is 11.1. The van der Waals surface area contributed by atoms with Gasteiger partial charge in [-0.3, -0.25) is 0 Å². The van der Waals surface area contributed by atoms with Crippen molar-refractivity contribution in [2.75, 3.05) is 0 Å². The monoisotopic (exact) mass is 327 g/mol. The Labute approximate surface area is 132 Å². The van der Waals surface area contributed by atoms with Crippen LogP contribution in [0.15, 0.2) is 46.2 Å². The third-order valence-corrected chi connectivity index (χ3v) is 4.23. The molecule has 0 amide bonds. The van der Waals surface area contributed by atoms with E-state index >= 15 is 0 Å². The van der Waals surface area contributed by atoms with Crippen molar-refractivity contribution in [1.82, 2.24) is 5.32 Å². The lowest BCUT2D eigenvalue weighted by molar-refractivity contribution is 0.565. The molecule has 0 aromatic heterocycles. The topological polar surface area (TPSA) is 12.0 Å². The first kappa shape index (κ1) is 16.3. The summed E-state index contributed by atoms with van der Waals surface area (Å²) in [6, 6.07) is 9.45. The zero-order chi connectivity index (χ0) is 15.4. The molecule has 0 bridgehead atoms. The minimum absolute atomic E-state index is 0.348. The molecule has 2 aromatic rings. The third-order valence-electron chi connectivity index (χ3n) is 2.84. The minimum Gasteiger partial charge on any atom is -0.310 e. The molecule has 0 unspecified atom stereocenters. The van der Waals surface area contributed by atoms with E-state index < -0.39 is 11.6 Å². The Morgan fingerprint density at radius 2 is 1.86 bits per heavy atom. The van der Waals surface area contributed by atoms with Crippen LogP contribution in [0, 0.1) is 11.6 Å². The first-order valence-corrected chi connectivity index (χ1v) is 7.80. The Morgan fingerprint density at radius 1 is 1.10 bits per heavy atom. The zero-order valence-electron chi connectivity index (χ0n) is 11.8. The van der Waals surface area contributed by atoms with Gasteiger partial charge in [-0.2, -0.15) is 0 Å². The molecule has 1 N–H and O–H groups in total. The molecule has 0 radical (unpaired) electrons. The van der Waals surface area contributed by atoms with Crippen LogP contribution in [0.4, 0.5) is 8.78 Å². The number of benzene rings is 2. The number of halogens is 3. The van der Waals surface area contributed by atoms with Gasteiger partial charge in [0.2, 0.25) is 0 Å². The van der Waals surface area contributed by atoms with E-state index in [9.17, 15) is 8.78 Å². The maximum Gasteiger partial charge on any atom is 0.140 e. The number of hydrogen-bond donors (Lipinski definition) is 1. The molecule has 0 aliphatic carbocycles. The van der Waals surface area contributed by atoms with Crippen molar-refractivity contribution in [3.8, 4) is 0 Å². The molecule has 0 spiro atoms. The molecule has 21 heavy (non-hydrogen) atoms. The highest BCUT2D eigenvalue weighted by molar-refractivity contribution is 7.99. The van der Waals surface area contributed by atoms with Gasteiger partial charge < -0.3 is 5.32 Å². The highest BCUT2D eigenvalue weighted by atomic mass is 35.5. The van der Waals surface area contributed by atoms with Gasteiger partial charge in [0.25, 0.3) is 0 Å². The van der Waals surface area contributed by atoms with Gasteiger partial charge in [0.1, 0.15) is 11.6 Å². The maximum absolute atomic E-state index is 13.8. The van der Waals surface area contributed by atoms with Gasteiger partial charge in [0.15, 0.2) is 0 Å². The minimum atomic E-state index is -0.579. The molecule has 0 aliphatic heterocycles. The molecule has 0 heterocycles. The molecule has 5 heteroatoms. The molecule has 0 saturated heterocycles. The van der Waals surface area contributed by atoms with E-state index in [-0.39, 0.29) is 0 Å². The van der Waals surface area contributed by atoms with E-state index in [4.69, 9.17) is 11.6 Å². The Balaban J connectivity index is 2.27. The molecule has 0 saturated carbocycles. The fourth-order valence-corrected chi connectivity index (χ4v) is 2.98. The van der Waals surface area contributed by atoms with Crippen LogP contribution in [-0.2, 0) is 6.54 Å². The van der Waals surface area contributed by atoms with E-state index in [1.807, 2.05) is 12.1 Å². The van der Waals surface area contributed by atoms with Crippen molar-refractivity contribution in [2.24, 2.45) is 0 Å². The van der Waals surface area contributed by atoms with E-state index in [1.165, 1.54) is 23.9 Å². The summed E-state index contributed by atoms with van der Waals surface area (Å²) in [4.78, 5) is 1.24. The molecular formula is C16H16ClF2NS. The Bertz CT molecular complexity index is 632. The summed E-state index contributed by atoms with van der Waals surface area (Å²) in [5, 5.41) is 3.91. The van der Waals surface area contributed by atoms with Crippen LogP contribution in [0.25, 0.3) is 0 Å². The van der Waals surface area contributed by atoms with E-state index in [0.717, 1.165) is 16.5 Å². The molecule has 2 aromatic carbocycles. The zero-order valence-corrected chi connectivity index (χ0v) is 13.4. The Morgan fingerprint density at radius 3 is 2.52 bits per heavy atom. The first-order valence-electron chi connectivity index (χ1n) is 6.60. The van der Waals surface area contributed by atoms with Crippen LogP contribution < -0.4 is 5.32 Å². The van der Waals surface area contributed by atoms with Gasteiger partial charge in [-0.25, -0.2) is 8.78 Å². The van der Waals surface area contributed by atoms with E-state index in [2.05, 4.69) is 19.2 Å². The number of hydrogen-bond acceptors (Lipinski definition) is 2. The van der Waals surface area contributed by atoms with Crippen LogP contribution in [0.2, 0.25) is 5.02 Å². The van der Waals surface area contributed by atoms with Gasteiger partial charge in [0, 0.05) is 33.5 Å². The lowest BCUT2D eigenvalue weighted by Crippen LogP contribution is -2.22. The molecule has 1 nitrogen and oxygen atoms in total. The molecule has 0 atom stereocenters. The highest BCUT2D eigenvalue weighted by Crippen LogP contribution is 2.34. The van der Waals surface area contributed by atoms with Crippen LogP contribution in [-0.4, -0.2) is 6.04 Å². The molecule has 0 aliphatic rings. The third kappa shape index (κ3) is 4.70. The second-order valence-electron chi connectivity index (χ2n) is 4.96. The van der Waals surface area contributed by atoms with E-state index in [0.29, 0.717) is 22.5 Å². The lowest BCUT2D eigenvalue weighted by Gasteiger charge is -2.13. The molecule has 0 fully saturated rings. The summed E-state index contributed by atoms with van der Waals surface area (Å²) < 4.78 is 26.7. The van der Waals surface area contributed by atoms with Crippen molar-refractivity contribution in [3.63, 3.8) is 0 Å². The molecular weight excluding hydrogens is 312 g/mol. The van der Waals surface area contributed by atoms with Gasteiger partial charge in [0.05, 0.1) is 0 Å². The lowest BCUT2D eigenvalue weighted by atomic mass is 10.2. The standard InChI is InChI=1S/C16H16ClF2NS/c1-10(2)20-9-11-3-4-12(17)7-16(11)21-15-6-5-13(18)8-14(15)19/h3-8,10,20H,9H2,1-2H3. The van der Waals surface area contributed by atoms with Crippen LogP contribution >= 0.6 is 23.4 Å². The van der Waals surface area contributed by atoms with Gasteiger partial charge in [-0.15, -0.1) is 0 Å². The van der Waals surface area contributed by atoms with E-state index in [1.54, 1.807) is 6.07 Å². The maximum atomic E-state index is 13.8. The first-order chi connectivity index (χ1) is 9.95. The summed E-state index contributed by atoms with van der Waals surface area (Å²) in [5.74, 6) is -1.15. The summed E-state index contributed by atoms with van der Waals surface area (Å²) in [6.45, 7) is 4.78. The summed E-state index contributed by atoms with van der Waals surface area (Å²) in [5.41, 5.74) is 1.03. The van der Waals surface area contributed by atoms with Crippen molar-refractivity contribution in [1.29, 1.82) is 0 Å². The van der Waals surface area contributed by atoms with Gasteiger partial charge in [-0.05, 0) is 29.8 Å². The largest absolute Gasteiger partial charge is 0.310 e. The Kier molecular flexibility index (Phi) is 5.62. The fourth-order valence-electron chi connectivity index (χ4n) is 1.76. The van der Waals surface area contributed by atoms with Gasteiger partial charge >= 0.3 is 0 Å². The average Bonchev–Trinajstić information content (AvgIpc) is 2.41. The van der Waals surface area contributed by atoms with Gasteiger partial charge in [-0.1, -0.05) is 43.3 Å². The summed E-state index contributed by atoms with van der Waals surface area (Å²) >= 11 is 7.27. The fraction of sp³-hybridized carbons (Fsp3) is 0.250. The SMILES string of the molecule is CC(C)NCc1ccc(Cl)cc1Sc1ccc(F)cc1F. The Hall–Kier alpha value is -1.10. The van der Waals surface area contributed by atoms with Crippen LogP contribution in [0.5, 0.6) is 0 Å². The number of nitrogens with one attached hydrogen (secondary N) is 1. The number of rotatable bonds is 5. The predicted molar refractivity (Wildman–Crippen MR) is 83.9 cm³/mol. The van der Waals surface area contributed by atoms with Crippen molar-refractivity contribution in [3.05, 3.63) is 58.6 Å². The van der Waals surface area contributed by atoms with Crippen LogP contribution in [0.3, 0.4) is 0 Å². The second-order valence-corrected chi connectivity index (χ2v) is 6.48. The quantitative estimate of drug-likeness (QED) is 0.803. The second kappa shape index (κ2) is 7.25. The van der Waals surface area contributed by atoms with Crippen molar-refractivity contribution < 1.29 is 8.78 Å². The summed E-state index contributed by atoms with van der Waals surface area (Å²) in [7, 11) is 0. The summed E-state index contributed by atoms with van der Waals surface area (Å²) in [6.07, 6.45) is 0. The highest BCUT2D eigenvalue weighted by Gasteiger charge is 2.10. The van der Waals surface area contributed by atoms with Crippen LogP contribution in [0.1, 0.15) is 19.4 Å². The predicted octanol–water partition coefficient (Wildman–Crippen LogP) is 5.27. The molecule has 112 valence electrons. The van der Waals surface area contributed by atoms with Crippen molar-refractivity contribution >= 4 is 23.4 Å². The smallest absolute Gasteiger partial charge is 0.140 e. The van der Waals surface area contributed by atoms with Crippen molar-refractivity contribution in [2.45, 2.75) is 36.2 Å². The average molecular weight is 328 g/mol.